The molecule has 1 unspecified atom stereocenters. The van der Waals surface area contributed by atoms with Gasteiger partial charge in [0.05, 0.1) is 5.75 Å². The minimum Gasteiger partial charge on any atom is -0.352 e. The van der Waals surface area contributed by atoms with Gasteiger partial charge in [-0.2, -0.15) is 0 Å². The molecule has 1 saturated heterocycles. The van der Waals surface area contributed by atoms with E-state index in [2.05, 4.69) is 22.3 Å². The Bertz CT molecular complexity index is 713. The van der Waals surface area contributed by atoms with Crippen molar-refractivity contribution in [3.05, 3.63) is 35.4 Å². The minimum absolute atomic E-state index is 0.0269. The molecule has 1 heterocycles. The summed E-state index contributed by atoms with van der Waals surface area (Å²) >= 11 is 0. The molecule has 1 fully saturated rings. The number of sulfonamides is 1. The van der Waals surface area contributed by atoms with Crippen molar-refractivity contribution in [2.24, 2.45) is 11.8 Å². The van der Waals surface area contributed by atoms with Crippen LogP contribution in [0.1, 0.15) is 51.2 Å². The van der Waals surface area contributed by atoms with Crippen LogP contribution < -0.4 is 15.4 Å². The Labute approximate surface area is 163 Å². The maximum absolute atomic E-state index is 12.4. The van der Waals surface area contributed by atoms with E-state index in [4.69, 9.17) is 0 Å². The first-order valence-corrected chi connectivity index (χ1v) is 11.5. The fourth-order valence-corrected chi connectivity index (χ4v) is 5.11. The molecule has 1 aromatic carbocycles. The molecular formula is C20H33N3O3S. The first kappa shape index (κ1) is 21.9. The van der Waals surface area contributed by atoms with Crippen LogP contribution in [0, 0.1) is 11.8 Å². The predicted molar refractivity (Wildman–Crippen MR) is 109 cm³/mol. The lowest BCUT2D eigenvalue weighted by Crippen LogP contribution is -2.33. The number of nitrogens with one attached hydrogen (secondary N) is 3. The van der Waals surface area contributed by atoms with Gasteiger partial charge in [-0.05, 0) is 62.7 Å². The van der Waals surface area contributed by atoms with Gasteiger partial charge in [-0.25, -0.2) is 13.1 Å². The van der Waals surface area contributed by atoms with E-state index < -0.39 is 10.0 Å². The summed E-state index contributed by atoms with van der Waals surface area (Å²) in [6.07, 6.45) is 2.76. The van der Waals surface area contributed by atoms with Crippen LogP contribution in [-0.4, -0.2) is 33.5 Å². The van der Waals surface area contributed by atoms with Gasteiger partial charge in [0.15, 0.2) is 0 Å². The Balaban J connectivity index is 1.90. The first-order valence-electron chi connectivity index (χ1n) is 9.81. The second kappa shape index (κ2) is 10.2. The van der Waals surface area contributed by atoms with E-state index >= 15 is 0 Å². The van der Waals surface area contributed by atoms with Gasteiger partial charge in [-0.15, -0.1) is 0 Å². The summed E-state index contributed by atoms with van der Waals surface area (Å²) in [5, 5.41) is 6.32. The van der Waals surface area contributed by atoms with Gasteiger partial charge in [-0.1, -0.05) is 31.2 Å². The normalized spacial score (nSPS) is 17.0. The third-order valence-corrected chi connectivity index (χ3v) is 6.57. The van der Waals surface area contributed by atoms with Crippen LogP contribution in [-0.2, 0) is 27.1 Å². The Kier molecular flexibility index (Phi) is 8.26. The molecule has 27 heavy (non-hydrogen) atoms. The fraction of sp³-hybridized carbons (Fsp3) is 0.650. The summed E-state index contributed by atoms with van der Waals surface area (Å²) in [5.74, 6) is 0.899. The number of carbonyl (C=O) groups excluding carboxylic acids is 1. The molecule has 0 spiro atoms. The molecule has 1 amide bonds. The number of hydrogen-bond donors (Lipinski definition) is 3. The van der Waals surface area contributed by atoms with Crippen LogP contribution in [0.3, 0.4) is 0 Å². The van der Waals surface area contributed by atoms with Crippen molar-refractivity contribution in [2.75, 3.05) is 13.1 Å². The highest BCUT2D eigenvalue weighted by Crippen LogP contribution is 2.24. The van der Waals surface area contributed by atoms with E-state index in [9.17, 15) is 13.2 Å². The van der Waals surface area contributed by atoms with E-state index in [0.29, 0.717) is 24.8 Å². The summed E-state index contributed by atoms with van der Waals surface area (Å²) in [5.41, 5.74) is 1.56. The zero-order valence-electron chi connectivity index (χ0n) is 16.6. The number of rotatable bonds is 9. The maximum Gasteiger partial charge on any atom is 0.220 e. The van der Waals surface area contributed by atoms with Gasteiger partial charge in [0.25, 0.3) is 0 Å². The highest BCUT2D eigenvalue weighted by Gasteiger charge is 2.22. The molecule has 1 atom stereocenters. The summed E-state index contributed by atoms with van der Waals surface area (Å²) in [4.78, 5) is 12.4. The average Bonchev–Trinajstić information content (AvgIpc) is 2.60. The largest absolute Gasteiger partial charge is 0.352 e. The van der Waals surface area contributed by atoms with E-state index in [-0.39, 0.29) is 17.7 Å². The highest BCUT2D eigenvalue weighted by molar-refractivity contribution is 7.88. The molecule has 1 aliphatic rings. The van der Waals surface area contributed by atoms with Crippen molar-refractivity contribution in [1.82, 2.24) is 15.4 Å². The van der Waals surface area contributed by atoms with Crippen LogP contribution in [0.5, 0.6) is 0 Å². The Morgan fingerprint density at radius 1 is 1.15 bits per heavy atom. The van der Waals surface area contributed by atoms with Crippen molar-refractivity contribution in [3.8, 4) is 0 Å². The van der Waals surface area contributed by atoms with Crippen LogP contribution >= 0.6 is 0 Å². The van der Waals surface area contributed by atoms with Crippen LogP contribution in [0.2, 0.25) is 0 Å². The number of amides is 1. The molecular weight excluding hydrogens is 362 g/mol. The molecule has 1 aromatic rings. The molecule has 6 nitrogen and oxygen atoms in total. The standard InChI is InChI=1S/C20H33N3O3S/c1-15(2)23-27(25,26)14-19-7-5-4-6-18(19)13-22-20(24)12-16(3)17-8-10-21-11-9-17/h4-7,15-17,21,23H,8-14H2,1-3H3,(H,22,24). The number of piperidine rings is 1. The Hall–Kier alpha value is -1.44. The van der Waals surface area contributed by atoms with Gasteiger partial charge in [0.2, 0.25) is 15.9 Å². The Morgan fingerprint density at radius 3 is 2.41 bits per heavy atom. The van der Waals surface area contributed by atoms with Crippen molar-refractivity contribution < 1.29 is 13.2 Å². The monoisotopic (exact) mass is 395 g/mol. The second-order valence-corrected chi connectivity index (χ2v) is 9.60. The predicted octanol–water partition coefficient (Wildman–Crippen LogP) is 2.16. The van der Waals surface area contributed by atoms with Crippen LogP contribution in [0.25, 0.3) is 0 Å². The van der Waals surface area contributed by atoms with Gasteiger partial charge >= 0.3 is 0 Å². The second-order valence-electron chi connectivity index (χ2n) is 7.85. The third kappa shape index (κ3) is 7.60. The van der Waals surface area contributed by atoms with Gasteiger partial charge < -0.3 is 10.6 Å². The summed E-state index contributed by atoms with van der Waals surface area (Å²) in [7, 11) is -3.40. The SMILES string of the molecule is CC(C)NS(=O)(=O)Cc1ccccc1CNC(=O)CC(C)C1CCNCC1. The lowest BCUT2D eigenvalue weighted by molar-refractivity contribution is -0.122. The molecule has 0 saturated carbocycles. The van der Waals surface area contributed by atoms with Crippen molar-refractivity contribution in [2.45, 2.75) is 58.4 Å². The van der Waals surface area contributed by atoms with E-state index in [1.807, 2.05) is 18.2 Å². The minimum atomic E-state index is -3.40. The summed E-state index contributed by atoms with van der Waals surface area (Å²) in [6.45, 7) is 8.16. The Morgan fingerprint density at radius 2 is 1.78 bits per heavy atom. The fourth-order valence-electron chi connectivity index (χ4n) is 3.61. The summed E-state index contributed by atoms with van der Waals surface area (Å²) < 4.78 is 27.0. The highest BCUT2D eigenvalue weighted by atomic mass is 32.2. The molecule has 1 aliphatic heterocycles. The molecule has 0 aromatic heterocycles. The van der Waals surface area contributed by atoms with E-state index in [1.165, 1.54) is 0 Å². The van der Waals surface area contributed by atoms with Gasteiger partial charge in [0, 0.05) is 19.0 Å². The number of carbonyl (C=O) groups is 1. The van der Waals surface area contributed by atoms with Crippen molar-refractivity contribution >= 4 is 15.9 Å². The molecule has 2 rings (SSSR count). The molecule has 7 heteroatoms. The third-order valence-electron chi connectivity index (χ3n) is 5.05. The quantitative estimate of drug-likeness (QED) is 0.598. The number of benzene rings is 1. The topological polar surface area (TPSA) is 87.3 Å². The molecule has 0 aliphatic carbocycles. The van der Waals surface area contributed by atoms with Crippen LogP contribution in [0.15, 0.2) is 24.3 Å². The zero-order chi connectivity index (χ0) is 19.9. The smallest absolute Gasteiger partial charge is 0.220 e. The van der Waals surface area contributed by atoms with E-state index in [0.717, 1.165) is 37.1 Å². The first-order chi connectivity index (χ1) is 12.8. The lowest BCUT2D eigenvalue weighted by atomic mass is 9.84. The van der Waals surface area contributed by atoms with Crippen molar-refractivity contribution in [1.29, 1.82) is 0 Å². The molecule has 0 radical (unpaired) electrons. The summed E-state index contributed by atoms with van der Waals surface area (Å²) in [6, 6.07) is 7.23. The number of hydrogen-bond acceptors (Lipinski definition) is 4. The lowest BCUT2D eigenvalue weighted by Gasteiger charge is -2.27. The van der Waals surface area contributed by atoms with Gasteiger partial charge in [-0.3, -0.25) is 4.79 Å². The zero-order valence-corrected chi connectivity index (χ0v) is 17.4. The average molecular weight is 396 g/mol. The molecule has 0 bridgehead atoms. The molecule has 152 valence electrons. The molecule has 3 N–H and O–H groups in total. The van der Waals surface area contributed by atoms with E-state index in [1.54, 1.807) is 19.9 Å². The maximum atomic E-state index is 12.4. The van der Waals surface area contributed by atoms with Gasteiger partial charge in [0.1, 0.15) is 0 Å². The van der Waals surface area contributed by atoms with Crippen molar-refractivity contribution in [3.63, 3.8) is 0 Å². The van der Waals surface area contributed by atoms with Crippen LogP contribution in [0.4, 0.5) is 0 Å².